The summed E-state index contributed by atoms with van der Waals surface area (Å²) in [5.41, 5.74) is 0.244. The van der Waals surface area contributed by atoms with Gasteiger partial charge in [0.1, 0.15) is 11.5 Å². The van der Waals surface area contributed by atoms with Gasteiger partial charge in [-0.3, -0.25) is 4.90 Å². The highest BCUT2D eigenvalue weighted by molar-refractivity contribution is 5.10. The Morgan fingerprint density at radius 1 is 1.53 bits per heavy atom. The van der Waals surface area contributed by atoms with Crippen LogP contribution in [0.15, 0.2) is 16.5 Å². The molecule has 0 aromatic carbocycles. The second kappa shape index (κ2) is 4.83. The van der Waals surface area contributed by atoms with Gasteiger partial charge in [-0.1, -0.05) is 6.92 Å². The van der Waals surface area contributed by atoms with Crippen molar-refractivity contribution in [3.8, 4) is 0 Å². The summed E-state index contributed by atoms with van der Waals surface area (Å²) in [5, 5.41) is 3.61. The largest absolute Gasteiger partial charge is 0.465 e. The van der Waals surface area contributed by atoms with Crippen LogP contribution in [0, 0.1) is 6.92 Å². The van der Waals surface area contributed by atoms with Gasteiger partial charge in [0.15, 0.2) is 0 Å². The predicted molar refractivity (Wildman–Crippen MR) is 70.1 cm³/mol. The van der Waals surface area contributed by atoms with Crippen molar-refractivity contribution in [2.45, 2.75) is 45.7 Å². The van der Waals surface area contributed by atoms with Crippen LogP contribution in [-0.2, 0) is 0 Å². The summed E-state index contributed by atoms with van der Waals surface area (Å²) in [4.78, 5) is 2.51. The predicted octanol–water partition coefficient (Wildman–Crippen LogP) is 2.72. The van der Waals surface area contributed by atoms with Crippen LogP contribution < -0.4 is 5.32 Å². The Balaban J connectivity index is 2.07. The Morgan fingerprint density at radius 3 is 2.88 bits per heavy atom. The summed E-state index contributed by atoms with van der Waals surface area (Å²) in [7, 11) is 0. The minimum atomic E-state index is 0.244. The molecule has 3 nitrogen and oxygen atoms in total. The molecule has 0 amide bonds. The lowest BCUT2D eigenvalue weighted by atomic mass is 9.95. The summed E-state index contributed by atoms with van der Waals surface area (Å²) in [5.74, 6) is 2.09. The number of rotatable bonds is 3. The van der Waals surface area contributed by atoms with Gasteiger partial charge < -0.3 is 9.73 Å². The van der Waals surface area contributed by atoms with Crippen LogP contribution in [0.3, 0.4) is 0 Å². The van der Waals surface area contributed by atoms with E-state index in [0.29, 0.717) is 6.04 Å². The third-order valence-electron chi connectivity index (χ3n) is 4.00. The zero-order chi connectivity index (χ0) is 12.5. The molecular formula is C14H24N2O. The summed E-state index contributed by atoms with van der Waals surface area (Å²) >= 11 is 0. The molecule has 2 unspecified atom stereocenters. The molecule has 0 saturated carbocycles. The van der Waals surface area contributed by atoms with E-state index in [2.05, 4.69) is 37.1 Å². The number of piperazine rings is 1. The number of aryl methyl sites for hydroxylation is 1. The van der Waals surface area contributed by atoms with Crippen LogP contribution in [0.25, 0.3) is 0 Å². The van der Waals surface area contributed by atoms with E-state index in [9.17, 15) is 0 Å². The van der Waals surface area contributed by atoms with Crippen LogP contribution in [0.4, 0.5) is 0 Å². The van der Waals surface area contributed by atoms with Crippen molar-refractivity contribution in [1.29, 1.82) is 0 Å². The lowest BCUT2D eigenvalue weighted by Crippen LogP contribution is -2.58. The minimum Gasteiger partial charge on any atom is -0.465 e. The van der Waals surface area contributed by atoms with Crippen molar-refractivity contribution < 1.29 is 4.42 Å². The topological polar surface area (TPSA) is 28.4 Å². The lowest BCUT2D eigenvalue weighted by Gasteiger charge is -2.43. The lowest BCUT2D eigenvalue weighted by molar-refractivity contribution is 0.0946. The molecule has 1 fully saturated rings. The van der Waals surface area contributed by atoms with Crippen LogP contribution >= 0.6 is 0 Å². The maximum Gasteiger partial charge on any atom is 0.121 e. The fourth-order valence-electron chi connectivity index (χ4n) is 2.51. The van der Waals surface area contributed by atoms with E-state index in [4.69, 9.17) is 4.42 Å². The fourth-order valence-corrected chi connectivity index (χ4v) is 2.51. The second-order valence-corrected chi connectivity index (χ2v) is 5.44. The third kappa shape index (κ3) is 2.72. The van der Waals surface area contributed by atoms with Crippen LogP contribution in [0.2, 0.25) is 0 Å². The molecule has 17 heavy (non-hydrogen) atoms. The summed E-state index contributed by atoms with van der Waals surface area (Å²) in [6, 6.07) is 4.52. The Kier molecular flexibility index (Phi) is 3.59. The minimum absolute atomic E-state index is 0.244. The first kappa shape index (κ1) is 12.7. The molecule has 1 N–H and O–H groups in total. The zero-order valence-corrected chi connectivity index (χ0v) is 11.4. The number of hydrogen-bond donors (Lipinski definition) is 1. The van der Waals surface area contributed by atoms with E-state index in [-0.39, 0.29) is 5.54 Å². The van der Waals surface area contributed by atoms with Gasteiger partial charge in [0, 0.05) is 25.2 Å². The molecule has 96 valence electrons. The third-order valence-corrected chi connectivity index (χ3v) is 4.00. The molecule has 0 radical (unpaired) electrons. The molecule has 0 spiro atoms. The average molecular weight is 236 g/mol. The smallest absolute Gasteiger partial charge is 0.121 e. The number of furan rings is 1. The molecule has 1 saturated heterocycles. The SMILES string of the molecule is CCC1(C)CN(C(C)c2ccc(C)o2)CCN1. The van der Waals surface area contributed by atoms with Crippen molar-refractivity contribution >= 4 is 0 Å². The van der Waals surface area contributed by atoms with Gasteiger partial charge in [-0.15, -0.1) is 0 Å². The van der Waals surface area contributed by atoms with E-state index in [1.807, 2.05) is 13.0 Å². The molecule has 1 aliphatic rings. The van der Waals surface area contributed by atoms with E-state index in [1.165, 1.54) is 0 Å². The molecule has 2 heterocycles. The molecular weight excluding hydrogens is 212 g/mol. The molecule has 1 aromatic heterocycles. The van der Waals surface area contributed by atoms with Crippen molar-refractivity contribution in [2.24, 2.45) is 0 Å². The first-order chi connectivity index (χ1) is 8.04. The molecule has 1 aromatic rings. The highest BCUT2D eigenvalue weighted by atomic mass is 16.3. The number of nitrogens with zero attached hydrogens (tertiary/aromatic N) is 1. The van der Waals surface area contributed by atoms with Crippen molar-refractivity contribution in [3.05, 3.63) is 23.7 Å². The van der Waals surface area contributed by atoms with Crippen LogP contribution in [-0.4, -0.2) is 30.1 Å². The Hall–Kier alpha value is -0.800. The van der Waals surface area contributed by atoms with E-state index < -0.39 is 0 Å². The van der Waals surface area contributed by atoms with E-state index >= 15 is 0 Å². The van der Waals surface area contributed by atoms with Crippen molar-refractivity contribution in [1.82, 2.24) is 10.2 Å². The van der Waals surface area contributed by atoms with Gasteiger partial charge in [-0.25, -0.2) is 0 Å². The molecule has 3 heteroatoms. The van der Waals surface area contributed by atoms with Crippen LogP contribution in [0.5, 0.6) is 0 Å². The average Bonchev–Trinajstić information content (AvgIpc) is 2.75. The van der Waals surface area contributed by atoms with Crippen molar-refractivity contribution in [2.75, 3.05) is 19.6 Å². The van der Waals surface area contributed by atoms with E-state index in [0.717, 1.165) is 37.6 Å². The summed E-state index contributed by atoms with van der Waals surface area (Å²) in [6.45, 7) is 12.0. The van der Waals surface area contributed by atoms with Gasteiger partial charge >= 0.3 is 0 Å². The Morgan fingerprint density at radius 2 is 2.29 bits per heavy atom. The quantitative estimate of drug-likeness (QED) is 0.874. The number of nitrogens with one attached hydrogen (secondary N) is 1. The monoisotopic (exact) mass is 236 g/mol. The maximum absolute atomic E-state index is 5.74. The molecule has 0 aliphatic carbocycles. The normalized spacial score (nSPS) is 28.2. The van der Waals surface area contributed by atoms with Gasteiger partial charge in [0.2, 0.25) is 0 Å². The van der Waals surface area contributed by atoms with E-state index in [1.54, 1.807) is 0 Å². The fraction of sp³-hybridized carbons (Fsp3) is 0.714. The van der Waals surface area contributed by atoms with Gasteiger partial charge in [0.25, 0.3) is 0 Å². The Bertz CT molecular complexity index is 374. The molecule has 1 aliphatic heterocycles. The van der Waals surface area contributed by atoms with Gasteiger partial charge in [-0.2, -0.15) is 0 Å². The maximum atomic E-state index is 5.74. The van der Waals surface area contributed by atoms with Crippen LogP contribution in [0.1, 0.15) is 44.8 Å². The molecule has 2 rings (SSSR count). The standard InChI is InChI=1S/C14H24N2O/c1-5-14(4)10-16(9-8-15-14)12(3)13-7-6-11(2)17-13/h6-7,12,15H,5,8-10H2,1-4H3. The van der Waals surface area contributed by atoms with Crippen molar-refractivity contribution in [3.63, 3.8) is 0 Å². The molecule has 2 atom stereocenters. The first-order valence-electron chi connectivity index (χ1n) is 6.59. The first-order valence-corrected chi connectivity index (χ1v) is 6.59. The summed E-state index contributed by atoms with van der Waals surface area (Å²) in [6.07, 6.45) is 1.16. The highest BCUT2D eigenvalue weighted by Crippen LogP contribution is 2.26. The number of hydrogen-bond acceptors (Lipinski definition) is 3. The zero-order valence-electron chi connectivity index (χ0n) is 11.4. The van der Waals surface area contributed by atoms with Gasteiger partial charge in [0.05, 0.1) is 6.04 Å². The highest BCUT2D eigenvalue weighted by Gasteiger charge is 2.32. The summed E-state index contributed by atoms with van der Waals surface area (Å²) < 4.78 is 5.74. The Labute approximate surface area is 104 Å². The molecule has 0 bridgehead atoms. The van der Waals surface area contributed by atoms with Gasteiger partial charge in [-0.05, 0) is 39.3 Å². The second-order valence-electron chi connectivity index (χ2n) is 5.44.